The molecule has 1 saturated heterocycles. The Bertz CT molecular complexity index is 1070. The second-order valence-electron chi connectivity index (χ2n) is 8.80. The number of nitrogens with one attached hydrogen (secondary N) is 1. The average molecular weight is 434 g/mol. The number of carbonyl (C=O) groups excluding carboxylic acids is 3. The average Bonchev–Trinajstić information content (AvgIpc) is 3.32. The van der Waals surface area contributed by atoms with Crippen LogP contribution in [0.2, 0.25) is 0 Å². The maximum Gasteiger partial charge on any atom is 0.323 e. The van der Waals surface area contributed by atoms with Crippen molar-refractivity contribution in [2.75, 3.05) is 19.5 Å². The maximum absolute atomic E-state index is 13.3. The minimum absolute atomic E-state index is 0.161. The first-order valence-electron chi connectivity index (χ1n) is 10.9. The van der Waals surface area contributed by atoms with Gasteiger partial charge < -0.3 is 14.8 Å². The van der Waals surface area contributed by atoms with Crippen molar-refractivity contribution in [1.29, 1.82) is 0 Å². The smallest absolute Gasteiger partial charge is 0.323 e. The summed E-state index contributed by atoms with van der Waals surface area (Å²) in [5, 5.41) is 3.46. The minimum Gasteiger partial charge on any atom is -0.468 e. The summed E-state index contributed by atoms with van der Waals surface area (Å²) in [6.07, 6.45) is 0.638. The van der Waals surface area contributed by atoms with Crippen LogP contribution in [-0.4, -0.2) is 55.0 Å². The number of ether oxygens (including phenoxy) is 2. The van der Waals surface area contributed by atoms with E-state index in [1.54, 1.807) is 0 Å². The molecule has 2 aliphatic heterocycles. The van der Waals surface area contributed by atoms with E-state index in [4.69, 9.17) is 9.47 Å². The Kier molecular flexibility index (Phi) is 5.01. The van der Waals surface area contributed by atoms with Crippen molar-refractivity contribution in [3.63, 3.8) is 0 Å². The summed E-state index contributed by atoms with van der Waals surface area (Å²) in [4.78, 5) is 41.0. The highest BCUT2D eigenvalue weighted by Crippen LogP contribution is 2.58. The lowest BCUT2D eigenvalue weighted by Gasteiger charge is -2.45. The molecule has 1 aliphatic carbocycles. The van der Waals surface area contributed by atoms with E-state index in [0.29, 0.717) is 13.0 Å². The molecule has 2 fully saturated rings. The summed E-state index contributed by atoms with van der Waals surface area (Å²) in [6.45, 7) is 0.512. The Morgan fingerprint density at radius 2 is 1.72 bits per heavy atom. The van der Waals surface area contributed by atoms with Crippen LogP contribution in [0.15, 0.2) is 54.6 Å². The number of likely N-dealkylation sites (tertiary alicyclic amines) is 1. The number of para-hydroxylation sites is 1. The number of fused-ring (bicyclic) bond motifs is 1. The highest BCUT2D eigenvalue weighted by Gasteiger charge is 2.68. The third kappa shape index (κ3) is 2.88. The van der Waals surface area contributed by atoms with Crippen LogP contribution in [0.4, 0.5) is 5.69 Å². The van der Waals surface area contributed by atoms with E-state index in [1.807, 2.05) is 54.6 Å². The first-order valence-corrected chi connectivity index (χ1v) is 10.9. The number of rotatable bonds is 4. The molecular formula is C25H26N2O5. The number of ketones is 1. The normalized spacial score (nSPS) is 30.6. The Morgan fingerprint density at radius 1 is 1.03 bits per heavy atom. The van der Waals surface area contributed by atoms with Crippen molar-refractivity contribution in [2.45, 2.75) is 42.9 Å². The summed E-state index contributed by atoms with van der Waals surface area (Å²) in [7, 11) is 2.70. The van der Waals surface area contributed by atoms with Gasteiger partial charge in [0.25, 0.3) is 0 Å². The zero-order chi connectivity index (χ0) is 22.5. The van der Waals surface area contributed by atoms with Crippen molar-refractivity contribution in [1.82, 2.24) is 4.90 Å². The van der Waals surface area contributed by atoms with Gasteiger partial charge in [-0.1, -0.05) is 48.5 Å². The standard InChI is InChI=1S/C25H26N2O5/c1-31-23(29)18-13-25-16-10-6-7-11-17(16)26-22(25)21(24(30)32-2)19(28)12-20(25)27(18)14-15-8-4-3-5-9-15/h3-11,18,20-22,26H,12-14H2,1-2H3/t18-,20+,21+,22+,25-/m0/s1. The van der Waals surface area contributed by atoms with Crippen molar-refractivity contribution in [3.05, 3.63) is 65.7 Å². The number of nitrogens with zero attached hydrogens (tertiary/aromatic N) is 1. The van der Waals surface area contributed by atoms with Gasteiger partial charge in [-0.2, -0.15) is 0 Å². The van der Waals surface area contributed by atoms with E-state index in [-0.39, 0.29) is 24.2 Å². The fourth-order valence-electron chi connectivity index (χ4n) is 6.14. The molecule has 3 aliphatic rings. The number of benzene rings is 2. The van der Waals surface area contributed by atoms with Crippen LogP contribution in [-0.2, 0) is 35.8 Å². The summed E-state index contributed by atoms with van der Waals surface area (Å²) < 4.78 is 10.2. The van der Waals surface area contributed by atoms with Gasteiger partial charge in [0, 0.05) is 30.1 Å². The molecule has 1 saturated carbocycles. The third-order valence-corrected chi connectivity index (χ3v) is 7.43. The van der Waals surface area contributed by atoms with Gasteiger partial charge >= 0.3 is 11.9 Å². The molecule has 32 heavy (non-hydrogen) atoms. The SMILES string of the molecule is COC(=O)[C@@H]1C(=O)C[C@H]2N(Cc3ccccc3)[C@H](C(=O)OC)C[C@]23c2ccccc2N[C@H]13. The molecule has 7 nitrogen and oxygen atoms in total. The summed E-state index contributed by atoms with van der Waals surface area (Å²) >= 11 is 0. The van der Waals surface area contributed by atoms with Gasteiger partial charge in [0.05, 0.1) is 20.3 Å². The molecule has 5 rings (SSSR count). The molecule has 2 aromatic carbocycles. The van der Waals surface area contributed by atoms with E-state index in [2.05, 4.69) is 10.2 Å². The summed E-state index contributed by atoms with van der Waals surface area (Å²) in [5.41, 5.74) is 2.41. The zero-order valence-corrected chi connectivity index (χ0v) is 18.1. The van der Waals surface area contributed by atoms with Crippen molar-refractivity contribution < 1.29 is 23.9 Å². The van der Waals surface area contributed by atoms with Gasteiger partial charge in [-0.05, 0) is 23.6 Å². The van der Waals surface area contributed by atoms with Crippen LogP contribution >= 0.6 is 0 Å². The van der Waals surface area contributed by atoms with Gasteiger partial charge in [-0.25, -0.2) is 0 Å². The molecule has 0 amide bonds. The van der Waals surface area contributed by atoms with Crippen molar-refractivity contribution in [2.24, 2.45) is 5.92 Å². The topological polar surface area (TPSA) is 84.9 Å². The van der Waals surface area contributed by atoms with Crippen LogP contribution in [0.25, 0.3) is 0 Å². The second kappa shape index (κ2) is 7.74. The number of Topliss-reactive ketones (excluding diaryl/α,β-unsaturated/α-hetero) is 1. The molecule has 166 valence electrons. The van der Waals surface area contributed by atoms with E-state index in [1.165, 1.54) is 14.2 Å². The monoisotopic (exact) mass is 434 g/mol. The fraction of sp³-hybridized carbons (Fsp3) is 0.400. The predicted octanol–water partition coefficient (Wildman–Crippen LogP) is 2.30. The van der Waals surface area contributed by atoms with Gasteiger partial charge in [-0.15, -0.1) is 0 Å². The molecule has 0 bridgehead atoms. The van der Waals surface area contributed by atoms with Crippen LogP contribution in [0.3, 0.4) is 0 Å². The second-order valence-corrected chi connectivity index (χ2v) is 8.80. The largest absolute Gasteiger partial charge is 0.468 e. The highest BCUT2D eigenvalue weighted by molar-refractivity contribution is 6.03. The van der Waals surface area contributed by atoms with Gasteiger partial charge in [0.15, 0.2) is 5.78 Å². The molecule has 2 heterocycles. The lowest BCUT2D eigenvalue weighted by atomic mass is 9.60. The van der Waals surface area contributed by atoms with E-state index in [0.717, 1.165) is 16.8 Å². The number of anilines is 1. The molecule has 0 radical (unpaired) electrons. The summed E-state index contributed by atoms with van der Waals surface area (Å²) in [6, 6.07) is 16.5. The third-order valence-electron chi connectivity index (χ3n) is 7.43. The Balaban J connectivity index is 1.66. The van der Waals surface area contributed by atoms with Gasteiger partial charge in [-0.3, -0.25) is 19.3 Å². The van der Waals surface area contributed by atoms with Crippen LogP contribution in [0, 0.1) is 5.92 Å². The fourth-order valence-corrected chi connectivity index (χ4v) is 6.14. The molecule has 1 spiro atoms. The molecule has 5 atom stereocenters. The van der Waals surface area contributed by atoms with Crippen LogP contribution in [0.1, 0.15) is 24.0 Å². The minimum atomic E-state index is -0.918. The number of methoxy groups -OCH3 is 2. The predicted molar refractivity (Wildman–Crippen MR) is 117 cm³/mol. The quantitative estimate of drug-likeness (QED) is 0.584. The molecule has 1 N–H and O–H groups in total. The van der Waals surface area contributed by atoms with Crippen LogP contribution in [0.5, 0.6) is 0 Å². The Morgan fingerprint density at radius 3 is 2.44 bits per heavy atom. The van der Waals surface area contributed by atoms with Crippen molar-refractivity contribution in [3.8, 4) is 0 Å². The number of hydrogen-bond acceptors (Lipinski definition) is 7. The molecule has 2 aromatic rings. The number of hydrogen-bond donors (Lipinski definition) is 1. The lowest BCUT2D eigenvalue weighted by molar-refractivity contribution is -0.154. The number of carbonyl (C=O) groups is 3. The molecule has 7 heteroatoms. The van der Waals surface area contributed by atoms with E-state index in [9.17, 15) is 14.4 Å². The van der Waals surface area contributed by atoms with Crippen molar-refractivity contribution >= 4 is 23.4 Å². The first kappa shape index (κ1) is 20.7. The maximum atomic E-state index is 13.3. The number of esters is 2. The Hall–Kier alpha value is -3.19. The summed E-state index contributed by atoms with van der Waals surface area (Å²) in [5.74, 6) is -1.94. The van der Waals surface area contributed by atoms with Crippen LogP contribution < -0.4 is 5.32 Å². The Labute approximate surface area is 186 Å². The molecular weight excluding hydrogens is 408 g/mol. The van der Waals surface area contributed by atoms with Gasteiger partial charge in [0.1, 0.15) is 12.0 Å². The lowest BCUT2D eigenvalue weighted by Crippen LogP contribution is -2.61. The van der Waals surface area contributed by atoms with E-state index >= 15 is 0 Å². The molecule has 0 aromatic heterocycles. The highest BCUT2D eigenvalue weighted by atomic mass is 16.5. The first-order chi connectivity index (χ1) is 15.5. The zero-order valence-electron chi connectivity index (χ0n) is 18.1. The molecule has 0 unspecified atom stereocenters. The van der Waals surface area contributed by atoms with E-state index < -0.39 is 29.4 Å². The van der Waals surface area contributed by atoms with Gasteiger partial charge in [0.2, 0.25) is 0 Å².